The number of carbonyl (C=O) groups is 2. The van der Waals surface area contributed by atoms with Crippen molar-refractivity contribution in [2.75, 3.05) is 20.3 Å². The molecule has 0 aliphatic heterocycles. The Balaban J connectivity index is 2.71. The van der Waals surface area contributed by atoms with E-state index in [0.29, 0.717) is 5.56 Å². The topological polar surface area (TPSA) is 72.8 Å². The molecule has 1 rings (SSSR count). The summed E-state index contributed by atoms with van der Waals surface area (Å²) in [6.45, 7) is 1.26. The van der Waals surface area contributed by atoms with Crippen LogP contribution in [0.15, 0.2) is 18.2 Å². The molecule has 0 aliphatic rings. The van der Waals surface area contributed by atoms with Crippen LogP contribution in [0.4, 0.5) is 0 Å². The van der Waals surface area contributed by atoms with Crippen LogP contribution >= 0.6 is 0 Å². The number of methoxy groups -OCH3 is 1. The lowest BCUT2D eigenvalue weighted by molar-refractivity contribution is -0.141. The summed E-state index contributed by atoms with van der Waals surface area (Å²) < 4.78 is 9.92. The van der Waals surface area contributed by atoms with E-state index >= 15 is 0 Å². The molecule has 18 heavy (non-hydrogen) atoms. The minimum atomic E-state index is -1.09. The number of benzene rings is 1. The number of carboxylic acid groups (broad SMARTS) is 1. The molecule has 0 saturated carbocycles. The summed E-state index contributed by atoms with van der Waals surface area (Å²) in [6.07, 6.45) is 0.750. The van der Waals surface area contributed by atoms with Crippen LogP contribution < -0.4 is 4.74 Å². The molecule has 0 radical (unpaired) electrons. The molecule has 0 aliphatic carbocycles. The predicted octanol–water partition coefficient (Wildman–Crippen LogP) is 1.54. The molecule has 0 unspecified atom stereocenters. The minimum Gasteiger partial charge on any atom is -0.496 e. The van der Waals surface area contributed by atoms with E-state index in [1.165, 1.54) is 0 Å². The summed E-state index contributed by atoms with van der Waals surface area (Å²) in [5.41, 5.74) is 1.43. The highest BCUT2D eigenvalue weighted by molar-refractivity contribution is 5.97. The van der Waals surface area contributed by atoms with Gasteiger partial charge in [-0.2, -0.15) is 0 Å². The van der Waals surface area contributed by atoms with Crippen molar-refractivity contribution in [2.45, 2.75) is 13.3 Å². The highest BCUT2D eigenvalue weighted by atomic mass is 16.5. The van der Waals surface area contributed by atoms with Crippen LogP contribution in [0.3, 0.4) is 0 Å². The Morgan fingerprint density at radius 2 is 2.00 bits per heavy atom. The SMILES string of the molecule is CCc1cc(C(=O)COCC(=O)O)ccc1OC. The van der Waals surface area contributed by atoms with Crippen LogP contribution in [-0.2, 0) is 16.0 Å². The minimum absolute atomic E-state index is 0.234. The van der Waals surface area contributed by atoms with Crippen LogP contribution in [0, 0.1) is 0 Å². The Hall–Kier alpha value is -1.88. The molecule has 1 N–H and O–H groups in total. The monoisotopic (exact) mass is 252 g/mol. The van der Waals surface area contributed by atoms with E-state index in [0.717, 1.165) is 17.7 Å². The van der Waals surface area contributed by atoms with E-state index in [4.69, 9.17) is 14.6 Å². The summed E-state index contributed by atoms with van der Waals surface area (Å²) in [4.78, 5) is 22.0. The number of carboxylic acids is 1. The van der Waals surface area contributed by atoms with E-state index in [1.54, 1.807) is 25.3 Å². The van der Waals surface area contributed by atoms with Crippen molar-refractivity contribution in [1.29, 1.82) is 0 Å². The third-order valence-electron chi connectivity index (χ3n) is 2.44. The first-order valence-electron chi connectivity index (χ1n) is 5.58. The largest absolute Gasteiger partial charge is 0.496 e. The van der Waals surface area contributed by atoms with Gasteiger partial charge in [-0.15, -0.1) is 0 Å². The van der Waals surface area contributed by atoms with Crippen LogP contribution in [0.2, 0.25) is 0 Å². The maximum atomic E-state index is 11.7. The summed E-state index contributed by atoms with van der Waals surface area (Å²) in [6, 6.07) is 5.11. The zero-order valence-electron chi connectivity index (χ0n) is 10.4. The molecule has 0 bridgehead atoms. The molecular formula is C13H16O5. The molecule has 0 amide bonds. The second kappa shape index (κ2) is 6.76. The Kier molecular flexibility index (Phi) is 5.32. The van der Waals surface area contributed by atoms with Gasteiger partial charge in [-0.05, 0) is 30.2 Å². The lowest BCUT2D eigenvalue weighted by Gasteiger charge is -2.08. The van der Waals surface area contributed by atoms with Gasteiger partial charge in [-0.3, -0.25) is 4.79 Å². The van der Waals surface area contributed by atoms with Gasteiger partial charge in [-0.25, -0.2) is 4.79 Å². The third-order valence-corrected chi connectivity index (χ3v) is 2.44. The van der Waals surface area contributed by atoms with E-state index in [2.05, 4.69) is 0 Å². The van der Waals surface area contributed by atoms with Crippen molar-refractivity contribution in [3.63, 3.8) is 0 Å². The van der Waals surface area contributed by atoms with E-state index in [-0.39, 0.29) is 12.4 Å². The molecule has 0 spiro atoms. The van der Waals surface area contributed by atoms with Gasteiger partial charge in [0, 0.05) is 5.56 Å². The summed E-state index contributed by atoms with van der Waals surface area (Å²) in [5.74, 6) is -0.596. The van der Waals surface area contributed by atoms with E-state index in [9.17, 15) is 9.59 Å². The highest BCUT2D eigenvalue weighted by Gasteiger charge is 2.10. The number of rotatable bonds is 7. The molecule has 0 heterocycles. The fourth-order valence-corrected chi connectivity index (χ4v) is 1.54. The second-order valence-electron chi connectivity index (χ2n) is 3.69. The maximum Gasteiger partial charge on any atom is 0.329 e. The Bertz CT molecular complexity index is 439. The van der Waals surface area contributed by atoms with Crippen LogP contribution in [-0.4, -0.2) is 37.2 Å². The Labute approximate surface area is 105 Å². The maximum absolute atomic E-state index is 11.7. The molecule has 0 saturated heterocycles. The van der Waals surface area contributed by atoms with Crippen LogP contribution in [0.5, 0.6) is 5.75 Å². The van der Waals surface area contributed by atoms with Crippen molar-refractivity contribution >= 4 is 11.8 Å². The number of carbonyl (C=O) groups excluding carboxylic acids is 1. The van der Waals surface area contributed by atoms with Gasteiger partial charge in [-0.1, -0.05) is 6.92 Å². The van der Waals surface area contributed by atoms with Gasteiger partial charge >= 0.3 is 5.97 Å². The van der Waals surface area contributed by atoms with Gasteiger partial charge in [0.05, 0.1) is 7.11 Å². The van der Waals surface area contributed by atoms with Crippen molar-refractivity contribution < 1.29 is 24.2 Å². The molecule has 0 fully saturated rings. The van der Waals surface area contributed by atoms with E-state index in [1.807, 2.05) is 6.92 Å². The molecule has 0 aromatic heterocycles. The lowest BCUT2D eigenvalue weighted by atomic mass is 10.0. The van der Waals surface area contributed by atoms with Gasteiger partial charge in [0.25, 0.3) is 0 Å². The number of aryl methyl sites for hydroxylation is 1. The summed E-state index contributed by atoms with van der Waals surface area (Å²) in [5, 5.41) is 8.39. The van der Waals surface area contributed by atoms with Gasteiger partial charge in [0.1, 0.15) is 19.0 Å². The first-order chi connectivity index (χ1) is 8.58. The number of hydrogen-bond acceptors (Lipinski definition) is 4. The zero-order chi connectivity index (χ0) is 13.5. The molecule has 98 valence electrons. The Morgan fingerprint density at radius 1 is 1.28 bits per heavy atom. The Morgan fingerprint density at radius 3 is 2.56 bits per heavy atom. The number of aliphatic carboxylic acids is 1. The molecule has 0 atom stereocenters. The number of ether oxygens (including phenoxy) is 2. The normalized spacial score (nSPS) is 10.1. The number of Topliss-reactive ketones (excluding diaryl/α,β-unsaturated/α-hetero) is 1. The van der Waals surface area contributed by atoms with Crippen molar-refractivity contribution in [3.8, 4) is 5.75 Å². The van der Waals surface area contributed by atoms with Gasteiger partial charge in [0.15, 0.2) is 5.78 Å². The number of ketones is 1. The standard InChI is InChI=1S/C13H16O5/c1-3-9-6-10(4-5-12(9)17-2)11(14)7-18-8-13(15)16/h4-6H,3,7-8H2,1-2H3,(H,15,16). The molecule has 5 heteroatoms. The first kappa shape index (κ1) is 14.2. The second-order valence-corrected chi connectivity index (χ2v) is 3.69. The van der Waals surface area contributed by atoms with Gasteiger partial charge < -0.3 is 14.6 Å². The van der Waals surface area contributed by atoms with Gasteiger partial charge in [0.2, 0.25) is 0 Å². The molecule has 1 aromatic carbocycles. The average molecular weight is 252 g/mol. The fourth-order valence-electron chi connectivity index (χ4n) is 1.54. The summed E-state index contributed by atoms with van der Waals surface area (Å²) >= 11 is 0. The van der Waals surface area contributed by atoms with Crippen LogP contribution in [0.1, 0.15) is 22.8 Å². The highest BCUT2D eigenvalue weighted by Crippen LogP contribution is 2.20. The quantitative estimate of drug-likeness (QED) is 0.745. The van der Waals surface area contributed by atoms with Crippen molar-refractivity contribution in [2.24, 2.45) is 0 Å². The average Bonchev–Trinajstić information content (AvgIpc) is 2.37. The van der Waals surface area contributed by atoms with Crippen LogP contribution in [0.25, 0.3) is 0 Å². The zero-order valence-corrected chi connectivity index (χ0v) is 10.4. The first-order valence-corrected chi connectivity index (χ1v) is 5.58. The fraction of sp³-hybridized carbons (Fsp3) is 0.385. The molecule has 1 aromatic rings. The lowest BCUT2D eigenvalue weighted by Crippen LogP contribution is -2.14. The molecule has 5 nitrogen and oxygen atoms in total. The number of hydrogen-bond donors (Lipinski definition) is 1. The summed E-state index contributed by atoms with van der Waals surface area (Å²) in [7, 11) is 1.58. The smallest absolute Gasteiger partial charge is 0.329 e. The predicted molar refractivity (Wildman–Crippen MR) is 65.2 cm³/mol. The van der Waals surface area contributed by atoms with E-state index < -0.39 is 12.6 Å². The van der Waals surface area contributed by atoms with Crippen molar-refractivity contribution in [3.05, 3.63) is 29.3 Å². The third kappa shape index (κ3) is 3.85. The van der Waals surface area contributed by atoms with Crippen molar-refractivity contribution in [1.82, 2.24) is 0 Å². The molecular weight excluding hydrogens is 236 g/mol.